The Morgan fingerprint density at radius 2 is 1.10 bits per heavy atom. The Hall–Kier alpha value is -1.67. The third kappa shape index (κ3) is 2.73. The third-order valence-electron chi connectivity index (χ3n) is 2.78. The highest BCUT2D eigenvalue weighted by Gasteiger charge is 2.75. The molecule has 2 nitrogen and oxygen atoms in total. The normalized spacial score (nSPS) is 13.2. The minimum atomic E-state index is -6.24. The van der Waals surface area contributed by atoms with Crippen LogP contribution in [0.5, 0.6) is 11.5 Å². The fourth-order valence-corrected chi connectivity index (χ4v) is 1.83. The van der Waals surface area contributed by atoms with Crippen molar-refractivity contribution in [1.29, 1.82) is 0 Å². The van der Waals surface area contributed by atoms with Gasteiger partial charge in [0.25, 0.3) is 0 Å². The summed E-state index contributed by atoms with van der Waals surface area (Å²) in [6, 6.07) is 1.73. The van der Waals surface area contributed by atoms with E-state index in [-0.39, 0.29) is 5.56 Å². The smallest absolute Gasteiger partial charge is 0.436 e. The number of methoxy groups -OCH3 is 2. The molecule has 1 rings (SSSR count). The molecule has 0 atom stereocenters. The van der Waals surface area contributed by atoms with Crippen LogP contribution in [0, 0.1) is 6.92 Å². The van der Waals surface area contributed by atoms with Crippen LogP contribution in [-0.4, -0.2) is 26.6 Å². The Bertz CT molecular complexity index is 480. The van der Waals surface area contributed by atoms with E-state index in [1.165, 1.54) is 6.92 Å². The maximum absolute atomic E-state index is 14.2. The molecular weight excluding hydrogens is 309 g/mol. The number of hydrogen-bond acceptors (Lipinski definition) is 2. The van der Waals surface area contributed by atoms with Crippen molar-refractivity contribution in [2.24, 2.45) is 0 Å². The average Bonchev–Trinajstić information content (AvgIpc) is 2.33. The lowest BCUT2D eigenvalue weighted by Gasteiger charge is -2.32. The van der Waals surface area contributed by atoms with E-state index in [0.29, 0.717) is 0 Å². The molecule has 1 aromatic rings. The van der Waals surface area contributed by atoms with E-state index in [0.717, 1.165) is 26.4 Å². The summed E-state index contributed by atoms with van der Waals surface area (Å²) in [5.74, 6) is -1.80. The van der Waals surface area contributed by atoms with Crippen molar-refractivity contribution < 1.29 is 40.2 Å². The monoisotopic (exact) mass is 320 g/mol. The fourth-order valence-electron chi connectivity index (χ4n) is 1.83. The summed E-state index contributed by atoms with van der Waals surface area (Å²) in [6.45, 7) is 1.38. The molecule has 0 aromatic heterocycles. The van der Waals surface area contributed by atoms with Crippen molar-refractivity contribution in [3.8, 4) is 11.5 Å². The Balaban J connectivity index is 3.83. The molecule has 0 aliphatic rings. The summed E-state index contributed by atoms with van der Waals surface area (Å²) in [5.41, 5.74) is -7.11. The zero-order chi connectivity index (χ0) is 16.6. The molecule has 0 amide bonds. The van der Waals surface area contributed by atoms with E-state index in [2.05, 4.69) is 9.47 Å². The molecule has 0 N–H and O–H groups in total. The lowest BCUT2D eigenvalue weighted by atomic mass is 9.91. The van der Waals surface area contributed by atoms with Gasteiger partial charge in [0, 0.05) is 0 Å². The van der Waals surface area contributed by atoms with Crippen molar-refractivity contribution in [1.82, 2.24) is 0 Å². The van der Waals surface area contributed by atoms with Gasteiger partial charge in [-0.1, -0.05) is 0 Å². The fraction of sp³-hybridized carbons (Fsp3) is 0.500. The lowest BCUT2D eigenvalue weighted by Crippen LogP contribution is -2.50. The zero-order valence-corrected chi connectivity index (χ0v) is 11.1. The molecule has 0 saturated carbocycles. The van der Waals surface area contributed by atoms with Gasteiger partial charge in [-0.2, -0.15) is 26.3 Å². The molecule has 0 aliphatic heterocycles. The topological polar surface area (TPSA) is 18.5 Å². The largest absolute Gasteiger partial charge is 0.496 e. The predicted molar refractivity (Wildman–Crippen MR) is 59.2 cm³/mol. The summed E-state index contributed by atoms with van der Waals surface area (Å²) in [6.07, 6.45) is -12.5. The maximum Gasteiger partial charge on any atom is 0.436 e. The number of aryl methyl sites for hydroxylation is 1. The number of benzene rings is 1. The molecule has 0 saturated heterocycles. The standard InChI is InChI=1S/C12H11F7O2/c1-6-4-7(20-2)9(8(5-6)21-3)10(13,11(14,15)16)12(17,18)19/h4-5H,1-3H3. The molecule has 0 spiro atoms. The van der Waals surface area contributed by atoms with Crippen LogP contribution in [0.15, 0.2) is 12.1 Å². The second kappa shape index (κ2) is 5.27. The summed E-state index contributed by atoms with van der Waals surface area (Å²) in [4.78, 5) is 0. The highest BCUT2D eigenvalue weighted by Crippen LogP contribution is 2.57. The number of halogens is 7. The molecule has 0 bridgehead atoms. The molecule has 0 radical (unpaired) electrons. The number of hydrogen-bond donors (Lipinski definition) is 0. The van der Waals surface area contributed by atoms with Gasteiger partial charge in [0.1, 0.15) is 11.5 Å². The Morgan fingerprint density at radius 1 is 0.762 bits per heavy atom. The third-order valence-corrected chi connectivity index (χ3v) is 2.78. The van der Waals surface area contributed by atoms with E-state index < -0.39 is 35.1 Å². The van der Waals surface area contributed by atoms with Gasteiger partial charge >= 0.3 is 18.0 Å². The molecule has 9 heteroatoms. The zero-order valence-electron chi connectivity index (χ0n) is 11.1. The van der Waals surface area contributed by atoms with E-state index in [1.807, 2.05) is 0 Å². The Kier molecular flexibility index (Phi) is 4.36. The van der Waals surface area contributed by atoms with Crippen LogP contribution in [0.1, 0.15) is 11.1 Å². The second-order valence-electron chi connectivity index (χ2n) is 4.20. The van der Waals surface area contributed by atoms with Crippen LogP contribution in [0.2, 0.25) is 0 Å². The highest BCUT2D eigenvalue weighted by atomic mass is 19.4. The number of rotatable bonds is 3. The van der Waals surface area contributed by atoms with Gasteiger partial charge in [-0.25, -0.2) is 4.39 Å². The van der Waals surface area contributed by atoms with Gasteiger partial charge in [0.05, 0.1) is 19.8 Å². The Morgan fingerprint density at radius 3 is 1.33 bits per heavy atom. The van der Waals surface area contributed by atoms with Gasteiger partial charge in [0.15, 0.2) is 0 Å². The molecule has 21 heavy (non-hydrogen) atoms. The van der Waals surface area contributed by atoms with Crippen LogP contribution >= 0.6 is 0 Å². The maximum atomic E-state index is 14.2. The quantitative estimate of drug-likeness (QED) is 0.773. The number of alkyl halides is 7. The molecule has 120 valence electrons. The minimum absolute atomic E-state index is 0.249. The summed E-state index contributed by atoms with van der Waals surface area (Å²) in [7, 11) is 1.68. The van der Waals surface area contributed by atoms with Crippen molar-refractivity contribution in [3.05, 3.63) is 23.3 Å². The van der Waals surface area contributed by atoms with Crippen LogP contribution in [0.25, 0.3) is 0 Å². The molecule has 0 unspecified atom stereocenters. The van der Waals surface area contributed by atoms with Gasteiger partial charge in [-0.05, 0) is 24.6 Å². The van der Waals surface area contributed by atoms with Gasteiger partial charge in [0.2, 0.25) is 0 Å². The predicted octanol–water partition coefficient (Wildman–Crippen LogP) is 4.30. The van der Waals surface area contributed by atoms with E-state index in [4.69, 9.17) is 0 Å². The molecule has 0 heterocycles. The van der Waals surface area contributed by atoms with Gasteiger partial charge < -0.3 is 9.47 Å². The molecule has 1 aromatic carbocycles. The van der Waals surface area contributed by atoms with E-state index >= 15 is 0 Å². The Labute approximate surface area is 115 Å². The highest BCUT2D eigenvalue weighted by molar-refractivity contribution is 5.52. The first-order valence-electron chi connectivity index (χ1n) is 5.45. The minimum Gasteiger partial charge on any atom is -0.496 e. The van der Waals surface area contributed by atoms with E-state index in [9.17, 15) is 30.7 Å². The first-order valence-corrected chi connectivity index (χ1v) is 5.45. The van der Waals surface area contributed by atoms with Crippen molar-refractivity contribution in [2.75, 3.05) is 14.2 Å². The van der Waals surface area contributed by atoms with Crippen LogP contribution in [-0.2, 0) is 5.67 Å². The van der Waals surface area contributed by atoms with Crippen molar-refractivity contribution in [2.45, 2.75) is 24.9 Å². The molecular formula is C12H11F7O2. The summed E-state index contributed by atoms with van der Waals surface area (Å²) in [5, 5.41) is 0. The second-order valence-corrected chi connectivity index (χ2v) is 4.20. The molecule has 0 fully saturated rings. The van der Waals surface area contributed by atoms with Crippen LogP contribution < -0.4 is 9.47 Å². The summed E-state index contributed by atoms with van der Waals surface area (Å²) < 4.78 is 100. The number of ether oxygens (including phenoxy) is 2. The SMILES string of the molecule is COc1cc(C)cc(OC)c1C(F)(C(F)(F)F)C(F)(F)F. The van der Waals surface area contributed by atoms with Crippen LogP contribution in [0.4, 0.5) is 30.7 Å². The van der Waals surface area contributed by atoms with Crippen molar-refractivity contribution in [3.63, 3.8) is 0 Å². The van der Waals surface area contributed by atoms with Crippen molar-refractivity contribution >= 4 is 0 Å². The summed E-state index contributed by atoms with van der Waals surface area (Å²) >= 11 is 0. The first kappa shape index (κ1) is 17.4. The lowest BCUT2D eigenvalue weighted by molar-refractivity contribution is -0.349. The van der Waals surface area contributed by atoms with Crippen LogP contribution in [0.3, 0.4) is 0 Å². The average molecular weight is 320 g/mol. The van der Waals surface area contributed by atoms with Gasteiger partial charge in [-0.15, -0.1) is 0 Å². The van der Waals surface area contributed by atoms with Gasteiger partial charge in [-0.3, -0.25) is 0 Å². The first-order chi connectivity index (χ1) is 9.40. The molecule has 0 aliphatic carbocycles. The van der Waals surface area contributed by atoms with E-state index in [1.54, 1.807) is 0 Å².